The molecule has 0 unspecified atom stereocenters. The molecule has 0 saturated heterocycles. The molecule has 0 spiro atoms. The Kier molecular flexibility index (Phi) is 10.8. The molecule has 0 bridgehead atoms. The van der Waals surface area contributed by atoms with Crippen molar-refractivity contribution in [2.24, 2.45) is 0 Å². The second-order valence-electron chi connectivity index (χ2n) is 22.8. The van der Waals surface area contributed by atoms with Crippen LogP contribution in [0, 0.1) is 125 Å². The first kappa shape index (κ1) is 47.9. The van der Waals surface area contributed by atoms with Gasteiger partial charge in [-0.05, 0) is 259 Å². The van der Waals surface area contributed by atoms with Crippen LogP contribution in [0.3, 0.4) is 0 Å². The Morgan fingerprint density at radius 3 is 0.784 bits per heavy atom. The molecule has 2 heterocycles. The zero-order valence-corrected chi connectivity index (χ0v) is 47.3. The van der Waals surface area contributed by atoms with Crippen LogP contribution in [0.15, 0.2) is 97.1 Å². The Morgan fingerprint density at radius 1 is 0.216 bits per heavy atom. The molecule has 0 amide bonds. The van der Waals surface area contributed by atoms with E-state index in [9.17, 15) is 0 Å². The predicted octanol–water partition coefficient (Wildman–Crippen LogP) is 14.7. The number of hydrogen-bond donors (Lipinski definition) is 0. The molecule has 2 aliphatic heterocycles. The van der Waals surface area contributed by atoms with Gasteiger partial charge in [-0.2, -0.15) is 0 Å². The Bertz CT molecular complexity index is 3780. The number of rotatable bonds is 4. The van der Waals surface area contributed by atoms with E-state index in [1.807, 2.05) is 0 Å². The zero-order valence-electron chi connectivity index (χ0n) is 47.3. The standard InChI is InChI=1S/C70H70B2N2/c1-35-37(3)45(11)61(46(12)38(35)4)71-63-49(15)41(7)43(9)51(17)67(63)73(53-27-21-19-22-28-53)69-57-33-26-32-56-60(57)59-55(65(69)71)31-25-34-58(59)70-66(56)72(62-47(13)39(5)36(2)40(6)48(62)14)64-50(16)42(8)44(10)52(18)68(64)74(70)54-29-23-20-24-30-54/h19-34H,1-18H3. The molecule has 2 nitrogen and oxygen atoms in total. The van der Waals surface area contributed by atoms with Gasteiger partial charge in [0.1, 0.15) is 0 Å². The van der Waals surface area contributed by atoms with Crippen molar-refractivity contribution in [1.29, 1.82) is 0 Å². The maximum Gasteiger partial charge on any atom is 0.248 e. The van der Waals surface area contributed by atoms with Crippen molar-refractivity contribution in [1.82, 2.24) is 0 Å². The first-order valence-corrected chi connectivity index (χ1v) is 27.1. The first-order chi connectivity index (χ1) is 35.3. The van der Waals surface area contributed by atoms with Gasteiger partial charge < -0.3 is 9.80 Å². The molecule has 10 aromatic rings. The summed E-state index contributed by atoms with van der Waals surface area (Å²) >= 11 is 0. The molecule has 366 valence electrons. The third-order valence-corrected chi connectivity index (χ3v) is 20.2. The Hall–Kier alpha value is -7.03. The molecule has 0 atom stereocenters. The molecule has 0 radical (unpaired) electrons. The van der Waals surface area contributed by atoms with Crippen molar-refractivity contribution in [3.05, 3.63) is 197 Å². The van der Waals surface area contributed by atoms with Crippen LogP contribution >= 0.6 is 0 Å². The normalized spacial score (nSPS) is 13.2. The average Bonchev–Trinajstić information content (AvgIpc) is 3.49. The highest BCUT2D eigenvalue weighted by molar-refractivity contribution is 7.02. The van der Waals surface area contributed by atoms with E-state index in [2.05, 4.69) is 231 Å². The molecule has 2 aliphatic rings. The van der Waals surface area contributed by atoms with Crippen LogP contribution in [-0.4, -0.2) is 13.4 Å². The lowest BCUT2D eigenvalue weighted by Gasteiger charge is -2.44. The van der Waals surface area contributed by atoms with Gasteiger partial charge in [0.2, 0.25) is 13.4 Å². The summed E-state index contributed by atoms with van der Waals surface area (Å²) in [5, 5.41) is 8.01. The molecule has 12 rings (SSSR count). The Balaban J connectivity index is 1.38. The van der Waals surface area contributed by atoms with Gasteiger partial charge in [-0.1, -0.05) is 117 Å². The van der Waals surface area contributed by atoms with Gasteiger partial charge in [-0.3, -0.25) is 0 Å². The van der Waals surface area contributed by atoms with Gasteiger partial charge in [0.05, 0.1) is 0 Å². The smallest absolute Gasteiger partial charge is 0.248 e. The van der Waals surface area contributed by atoms with Crippen LogP contribution in [0.25, 0.3) is 32.3 Å². The lowest BCUT2D eigenvalue weighted by atomic mass is 9.31. The molecule has 74 heavy (non-hydrogen) atoms. The van der Waals surface area contributed by atoms with Crippen molar-refractivity contribution in [2.75, 3.05) is 9.80 Å². The van der Waals surface area contributed by atoms with Gasteiger partial charge in [0.25, 0.3) is 0 Å². The number of anilines is 6. The zero-order chi connectivity index (χ0) is 52.4. The highest BCUT2D eigenvalue weighted by atomic mass is 15.2. The second kappa shape index (κ2) is 16.7. The molecule has 4 heteroatoms. The minimum absolute atomic E-state index is 0.0287. The largest absolute Gasteiger partial charge is 0.311 e. The van der Waals surface area contributed by atoms with Crippen molar-refractivity contribution in [3.63, 3.8) is 0 Å². The highest BCUT2D eigenvalue weighted by Gasteiger charge is 2.46. The first-order valence-electron chi connectivity index (χ1n) is 27.1. The average molecular weight is 961 g/mol. The number of para-hydroxylation sites is 2. The monoisotopic (exact) mass is 961 g/mol. The number of benzene rings is 10. The van der Waals surface area contributed by atoms with Gasteiger partial charge in [-0.25, -0.2) is 0 Å². The van der Waals surface area contributed by atoms with E-state index >= 15 is 0 Å². The third kappa shape index (κ3) is 6.09. The van der Waals surface area contributed by atoms with Gasteiger partial charge in [-0.15, -0.1) is 0 Å². The van der Waals surface area contributed by atoms with E-state index in [4.69, 9.17) is 0 Å². The molecule has 0 saturated carbocycles. The highest BCUT2D eigenvalue weighted by Crippen LogP contribution is 2.52. The quantitative estimate of drug-likeness (QED) is 0.128. The van der Waals surface area contributed by atoms with Crippen molar-refractivity contribution < 1.29 is 0 Å². The Morgan fingerprint density at radius 2 is 0.473 bits per heavy atom. The summed E-state index contributed by atoms with van der Waals surface area (Å²) in [6, 6.07) is 37.3. The van der Waals surface area contributed by atoms with Crippen LogP contribution in [0.1, 0.15) is 100 Å². The van der Waals surface area contributed by atoms with Crippen LogP contribution in [0.2, 0.25) is 0 Å². The number of hydrogen-bond acceptors (Lipinski definition) is 2. The van der Waals surface area contributed by atoms with Crippen molar-refractivity contribution in [3.8, 4) is 0 Å². The number of nitrogens with zero attached hydrogens (tertiary/aromatic N) is 2. The van der Waals surface area contributed by atoms with E-state index in [-0.39, 0.29) is 13.4 Å². The summed E-state index contributed by atoms with van der Waals surface area (Å²) in [6.45, 7) is 42.7. The van der Waals surface area contributed by atoms with Crippen molar-refractivity contribution >= 4 is 113 Å². The molecular formula is C70H70B2N2. The van der Waals surface area contributed by atoms with Crippen LogP contribution < -0.4 is 42.6 Å². The molecule has 0 aliphatic carbocycles. The summed E-state index contributed by atoms with van der Waals surface area (Å²) in [7, 11) is 0. The summed E-state index contributed by atoms with van der Waals surface area (Å²) in [5.41, 5.74) is 41.2. The summed E-state index contributed by atoms with van der Waals surface area (Å²) in [6.07, 6.45) is 0. The fourth-order valence-corrected chi connectivity index (χ4v) is 14.7. The summed E-state index contributed by atoms with van der Waals surface area (Å²) < 4.78 is 0. The SMILES string of the molecule is Cc1c(C)c(C)c(B2c3c(C)c(C)c(C)c(C)c3N(c3ccccc3)c3c2c2cccc4c5c(c6cccc3c6c24)B(c2c(C)c(C)c(C)c(C)c2C)c2c(C)c(C)c(C)c(C)c2N5c2ccccc2)c(C)c1C. The summed E-state index contributed by atoms with van der Waals surface area (Å²) in [4.78, 5) is 5.41. The lowest BCUT2D eigenvalue weighted by Crippen LogP contribution is -2.61. The van der Waals surface area contributed by atoms with E-state index < -0.39 is 0 Å². The van der Waals surface area contributed by atoms with Crippen LogP contribution in [0.5, 0.6) is 0 Å². The van der Waals surface area contributed by atoms with Crippen LogP contribution in [0.4, 0.5) is 34.1 Å². The van der Waals surface area contributed by atoms with E-state index in [1.165, 1.54) is 199 Å². The maximum absolute atomic E-state index is 2.70. The second-order valence-corrected chi connectivity index (χ2v) is 22.8. The van der Waals surface area contributed by atoms with E-state index in [1.54, 1.807) is 0 Å². The predicted molar refractivity (Wildman–Crippen MR) is 327 cm³/mol. The maximum atomic E-state index is 2.70. The summed E-state index contributed by atoms with van der Waals surface area (Å²) in [5.74, 6) is 0. The Labute approximate surface area is 442 Å². The molecule has 0 fully saturated rings. The van der Waals surface area contributed by atoms with E-state index in [0.717, 1.165) is 0 Å². The van der Waals surface area contributed by atoms with Crippen molar-refractivity contribution in [2.45, 2.75) is 125 Å². The van der Waals surface area contributed by atoms with Crippen LogP contribution in [-0.2, 0) is 0 Å². The third-order valence-electron chi connectivity index (χ3n) is 20.2. The molecule has 10 aromatic carbocycles. The van der Waals surface area contributed by atoms with Gasteiger partial charge in [0.15, 0.2) is 0 Å². The lowest BCUT2D eigenvalue weighted by molar-refractivity contribution is 1.18. The number of fused-ring (bicyclic) bond motifs is 8. The minimum atomic E-state index is -0.0287. The fourth-order valence-electron chi connectivity index (χ4n) is 14.7. The fraction of sp³-hybridized carbons (Fsp3) is 0.257. The molecular weight excluding hydrogens is 890 g/mol. The molecule has 0 aromatic heterocycles. The minimum Gasteiger partial charge on any atom is -0.311 e. The van der Waals surface area contributed by atoms with E-state index in [0.29, 0.717) is 0 Å². The van der Waals surface area contributed by atoms with Gasteiger partial charge in [0, 0.05) is 44.9 Å². The molecule has 0 N–H and O–H groups in total. The topological polar surface area (TPSA) is 6.48 Å². The van der Waals surface area contributed by atoms with Gasteiger partial charge >= 0.3 is 0 Å².